The summed E-state index contributed by atoms with van der Waals surface area (Å²) in [6.07, 6.45) is 2.23. The van der Waals surface area contributed by atoms with Gasteiger partial charge in [0.2, 0.25) is 28.6 Å². The topological polar surface area (TPSA) is 105 Å². The van der Waals surface area contributed by atoms with Crippen LogP contribution in [0, 0.1) is 0 Å². The van der Waals surface area contributed by atoms with Gasteiger partial charge in [-0.3, -0.25) is 13.9 Å². The molecule has 1 heterocycles. The molecular weight excluding hydrogens is 506 g/mol. The van der Waals surface area contributed by atoms with E-state index in [9.17, 15) is 18.0 Å². The molecule has 1 unspecified atom stereocenters. The third-order valence-electron chi connectivity index (χ3n) is 5.78. The maximum Gasteiger partial charge on any atom is 0.242 e. The number of sulfonamides is 1. The van der Waals surface area contributed by atoms with Crippen LogP contribution in [0.25, 0.3) is 0 Å². The Kier molecular flexibility index (Phi) is 9.44. The summed E-state index contributed by atoms with van der Waals surface area (Å²) in [5.41, 5.74) is 1.26. The summed E-state index contributed by atoms with van der Waals surface area (Å²) in [6, 6.07) is 11.3. The molecule has 0 aliphatic carbocycles. The Morgan fingerprint density at radius 1 is 1.11 bits per heavy atom. The predicted octanol–water partition coefficient (Wildman–Crippen LogP) is 3.56. The fourth-order valence-corrected chi connectivity index (χ4v) is 4.89. The second-order valence-corrected chi connectivity index (χ2v) is 10.9. The Morgan fingerprint density at radius 2 is 1.81 bits per heavy atom. The Balaban J connectivity index is 1.71. The van der Waals surface area contributed by atoms with Gasteiger partial charge < -0.3 is 19.7 Å². The highest BCUT2D eigenvalue weighted by Crippen LogP contribution is 2.36. The van der Waals surface area contributed by atoms with Crippen LogP contribution in [-0.2, 0) is 26.2 Å². The molecule has 196 valence electrons. The van der Waals surface area contributed by atoms with Crippen LogP contribution in [0.5, 0.6) is 11.5 Å². The molecule has 0 bridgehead atoms. The number of halogens is 1. The number of anilines is 1. The van der Waals surface area contributed by atoms with E-state index in [-0.39, 0.29) is 44.5 Å². The maximum absolute atomic E-state index is 13.3. The molecule has 0 saturated carbocycles. The molecule has 0 aromatic heterocycles. The summed E-state index contributed by atoms with van der Waals surface area (Å²) >= 11 is 5.98. The molecule has 0 saturated heterocycles. The highest BCUT2D eigenvalue weighted by Gasteiger charge is 2.27. The van der Waals surface area contributed by atoms with E-state index < -0.39 is 16.1 Å². The molecule has 0 spiro atoms. The number of hydrogen-bond acceptors (Lipinski definition) is 6. The number of ether oxygens (including phenoxy) is 2. The van der Waals surface area contributed by atoms with Crippen molar-refractivity contribution in [1.82, 2.24) is 10.2 Å². The molecule has 9 nitrogen and oxygen atoms in total. The minimum atomic E-state index is -3.61. The molecule has 2 aromatic rings. The van der Waals surface area contributed by atoms with Gasteiger partial charge in [-0.2, -0.15) is 0 Å². The number of nitrogens with zero attached hydrogens (tertiary/aromatic N) is 2. The van der Waals surface area contributed by atoms with Gasteiger partial charge in [0.1, 0.15) is 6.04 Å². The molecule has 0 radical (unpaired) electrons. The van der Waals surface area contributed by atoms with Crippen molar-refractivity contribution < 1.29 is 27.5 Å². The van der Waals surface area contributed by atoms with E-state index in [2.05, 4.69) is 5.32 Å². The molecular formula is C25H32ClN3O6S. The summed E-state index contributed by atoms with van der Waals surface area (Å²) in [5.74, 6) is 0.536. The highest BCUT2D eigenvalue weighted by atomic mass is 35.5. The monoisotopic (exact) mass is 537 g/mol. The van der Waals surface area contributed by atoms with Gasteiger partial charge in [0, 0.05) is 37.1 Å². The Bertz CT molecular complexity index is 1170. The van der Waals surface area contributed by atoms with Gasteiger partial charge in [-0.25, -0.2) is 8.42 Å². The van der Waals surface area contributed by atoms with Gasteiger partial charge in [0.25, 0.3) is 0 Å². The SMILES string of the molecule is CCCNC(=O)C(C)N(Cc1ccc(Cl)cc1)C(=O)CCCN(c1ccc2c(c1)OCO2)S(C)(=O)=O. The average Bonchev–Trinajstić information content (AvgIpc) is 3.31. The van der Waals surface area contributed by atoms with E-state index in [1.807, 2.05) is 19.1 Å². The smallest absolute Gasteiger partial charge is 0.242 e. The van der Waals surface area contributed by atoms with Gasteiger partial charge >= 0.3 is 0 Å². The van der Waals surface area contributed by atoms with Crippen molar-refractivity contribution in [1.29, 1.82) is 0 Å². The van der Waals surface area contributed by atoms with E-state index in [1.165, 1.54) is 9.21 Å². The van der Waals surface area contributed by atoms with Crippen molar-refractivity contribution in [2.75, 3.05) is 30.4 Å². The molecule has 1 aliphatic heterocycles. The number of hydrogen-bond donors (Lipinski definition) is 1. The standard InChI is InChI=1S/C25H32ClN3O6S/c1-4-13-27-25(31)18(2)28(16-19-7-9-20(26)10-8-19)24(30)6-5-14-29(36(3,32)33)21-11-12-22-23(15-21)35-17-34-22/h7-12,15,18H,4-6,13-14,16-17H2,1-3H3,(H,27,31). The summed E-state index contributed by atoms with van der Waals surface area (Å²) < 4.78 is 36.9. The normalized spacial score (nSPS) is 13.2. The first-order valence-corrected chi connectivity index (χ1v) is 14.0. The van der Waals surface area contributed by atoms with E-state index in [4.69, 9.17) is 21.1 Å². The molecule has 3 rings (SSSR count). The van der Waals surface area contributed by atoms with Crippen LogP contribution < -0.4 is 19.1 Å². The van der Waals surface area contributed by atoms with Crippen LogP contribution >= 0.6 is 11.6 Å². The largest absolute Gasteiger partial charge is 0.454 e. The number of carbonyl (C=O) groups excluding carboxylic acids is 2. The molecule has 36 heavy (non-hydrogen) atoms. The third-order valence-corrected chi connectivity index (χ3v) is 7.23. The van der Waals surface area contributed by atoms with Gasteiger partial charge in [-0.15, -0.1) is 0 Å². The average molecular weight is 538 g/mol. The highest BCUT2D eigenvalue weighted by molar-refractivity contribution is 7.92. The van der Waals surface area contributed by atoms with E-state index in [1.54, 1.807) is 37.3 Å². The summed E-state index contributed by atoms with van der Waals surface area (Å²) in [7, 11) is -3.61. The van der Waals surface area contributed by atoms with Crippen molar-refractivity contribution in [2.24, 2.45) is 0 Å². The van der Waals surface area contributed by atoms with Crippen molar-refractivity contribution in [3.8, 4) is 11.5 Å². The van der Waals surface area contributed by atoms with Crippen LogP contribution in [0.4, 0.5) is 5.69 Å². The molecule has 1 N–H and O–H groups in total. The molecule has 2 aromatic carbocycles. The fraction of sp³-hybridized carbons (Fsp3) is 0.440. The lowest BCUT2D eigenvalue weighted by atomic mass is 10.1. The minimum absolute atomic E-state index is 0.0650. The van der Waals surface area contributed by atoms with Crippen LogP contribution in [0.3, 0.4) is 0 Å². The van der Waals surface area contributed by atoms with Crippen LogP contribution in [-0.4, -0.2) is 57.3 Å². The Labute approximate surface area is 217 Å². The van der Waals surface area contributed by atoms with Gasteiger partial charge in [-0.05, 0) is 49.6 Å². The van der Waals surface area contributed by atoms with Crippen molar-refractivity contribution >= 4 is 39.1 Å². The van der Waals surface area contributed by atoms with Crippen molar-refractivity contribution in [3.63, 3.8) is 0 Å². The van der Waals surface area contributed by atoms with E-state index >= 15 is 0 Å². The number of amides is 2. The van der Waals surface area contributed by atoms with Crippen molar-refractivity contribution in [2.45, 2.75) is 45.7 Å². The summed E-state index contributed by atoms with van der Waals surface area (Å²) in [5, 5.41) is 3.41. The predicted molar refractivity (Wildman–Crippen MR) is 139 cm³/mol. The second kappa shape index (κ2) is 12.3. The fourth-order valence-electron chi connectivity index (χ4n) is 3.81. The van der Waals surface area contributed by atoms with Gasteiger partial charge in [0.15, 0.2) is 11.5 Å². The number of fused-ring (bicyclic) bond motifs is 1. The zero-order chi connectivity index (χ0) is 26.3. The third kappa shape index (κ3) is 7.27. The second-order valence-electron chi connectivity index (χ2n) is 8.59. The summed E-state index contributed by atoms with van der Waals surface area (Å²) in [4.78, 5) is 27.4. The lowest BCUT2D eigenvalue weighted by Crippen LogP contribution is -2.47. The lowest BCUT2D eigenvalue weighted by molar-refractivity contribution is -0.140. The number of carbonyl (C=O) groups is 2. The Hall–Kier alpha value is -2.98. The van der Waals surface area contributed by atoms with Crippen LogP contribution in [0.15, 0.2) is 42.5 Å². The maximum atomic E-state index is 13.3. The first-order valence-electron chi connectivity index (χ1n) is 11.8. The number of rotatable bonds is 12. The van der Waals surface area contributed by atoms with E-state index in [0.29, 0.717) is 28.8 Å². The first kappa shape index (κ1) is 27.6. The van der Waals surface area contributed by atoms with Gasteiger partial charge in [-0.1, -0.05) is 30.7 Å². The molecule has 11 heteroatoms. The molecule has 1 aliphatic rings. The molecule has 1 atom stereocenters. The zero-order valence-electron chi connectivity index (χ0n) is 20.7. The summed E-state index contributed by atoms with van der Waals surface area (Å²) in [6.45, 7) is 4.57. The minimum Gasteiger partial charge on any atom is -0.454 e. The Morgan fingerprint density at radius 3 is 2.47 bits per heavy atom. The lowest BCUT2D eigenvalue weighted by Gasteiger charge is -2.29. The van der Waals surface area contributed by atoms with Crippen molar-refractivity contribution in [3.05, 3.63) is 53.1 Å². The number of nitrogens with one attached hydrogen (secondary N) is 1. The van der Waals surface area contributed by atoms with Crippen LogP contribution in [0.1, 0.15) is 38.7 Å². The van der Waals surface area contributed by atoms with Crippen LogP contribution in [0.2, 0.25) is 5.02 Å². The molecule has 0 fully saturated rings. The number of benzene rings is 2. The quantitative estimate of drug-likeness (QED) is 0.444. The van der Waals surface area contributed by atoms with Gasteiger partial charge in [0.05, 0.1) is 11.9 Å². The van der Waals surface area contributed by atoms with E-state index in [0.717, 1.165) is 18.2 Å². The zero-order valence-corrected chi connectivity index (χ0v) is 22.3. The molecule has 2 amide bonds. The first-order chi connectivity index (χ1) is 17.1.